The first-order valence-corrected chi connectivity index (χ1v) is 4.46. The molecule has 0 aliphatic rings. The average molecular weight is 208 g/mol. The predicted molar refractivity (Wildman–Crippen MR) is 55.6 cm³/mol. The number of esters is 1. The standard InChI is InChI=1S/C10H12N2O3/c1-2-15-10(14)9-4-3-8(12-11)5-7(9)6-13/h3-6,12H,2,11H2,1H3. The summed E-state index contributed by atoms with van der Waals surface area (Å²) in [6, 6.07) is 4.58. The molecular formula is C10H12N2O3. The van der Waals surface area contributed by atoms with Crippen molar-refractivity contribution in [2.24, 2.45) is 5.84 Å². The Morgan fingerprint density at radius 1 is 1.60 bits per heavy atom. The van der Waals surface area contributed by atoms with E-state index in [2.05, 4.69) is 5.43 Å². The summed E-state index contributed by atoms with van der Waals surface area (Å²) in [5.41, 5.74) is 3.44. The number of rotatable bonds is 4. The normalized spacial score (nSPS) is 9.47. The smallest absolute Gasteiger partial charge is 0.338 e. The van der Waals surface area contributed by atoms with Gasteiger partial charge in [-0.2, -0.15) is 0 Å². The van der Waals surface area contributed by atoms with Crippen LogP contribution in [0.15, 0.2) is 18.2 Å². The third kappa shape index (κ3) is 2.54. The molecule has 0 aliphatic carbocycles. The lowest BCUT2D eigenvalue weighted by atomic mass is 10.1. The molecule has 1 rings (SSSR count). The van der Waals surface area contributed by atoms with E-state index in [0.717, 1.165) is 0 Å². The average Bonchev–Trinajstić information content (AvgIpc) is 2.28. The van der Waals surface area contributed by atoms with Gasteiger partial charge >= 0.3 is 5.97 Å². The Balaban J connectivity index is 3.07. The van der Waals surface area contributed by atoms with Gasteiger partial charge in [0.1, 0.15) is 0 Å². The van der Waals surface area contributed by atoms with Crippen LogP contribution in [0.4, 0.5) is 5.69 Å². The fourth-order valence-corrected chi connectivity index (χ4v) is 1.14. The quantitative estimate of drug-likeness (QED) is 0.333. The highest BCUT2D eigenvalue weighted by Crippen LogP contribution is 2.14. The minimum absolute atomic E-state index is 0.242. The summed E-state index contributed by atoms with van der Waals surface area (Å²) >= 11 is 0. The van der Waals surface area contributed by atoms with E-state index in [4.69, 9.17) is 10.6 Å². The molecule has 5 heteroatoms. The van der Waals surface area contributed by atoms with Gasteiger partial charge in [-0.25, -0.2) is 4.79 Å². The van der Waals surface area contributed by atoms with Crippen molar-refractivity contribution >= 4 is 17.9 Å². The molecular weight excluding hydrogens is 196 g/mol. The predicted octanol–water partition coefficient (Wildman–Crippen LogP) is 0.961. The minimum Gasteiger partial charge on any atom is -0.462 e. The van der Waals surface area contributed by atoms with Crippen LogP contribution >= 0.6 is 0 Å². The van der Waals surface area contributed by atoms with Crippen LogP contribution < -0.4 is 11.3 Å². The van der Waals surface area contributed by atoms with Gasteiger partial charge in [0.05, 0.1) is 12.2 Å². The van der Waals surface area contributed by atoms with Gasteiger partial charge in [-0.3, -0.25) is 10.6 Å². The van der Waals surface area contributed by atoms with Crippen molar-refractivity contribution in [3.63, 3.8) is 0 Å². The van der Waals surface area contributed by atoms with E-state index in [0.29, 0.717) is 12.0 Å². The molecule has 0 spiro atoms. The maximum atomic E-state index is 11.4. The van der Waals surface area contributed by atoms with Gasteiger partial charge in [-0.1, -0.05) is 0 Å². The Morgan fingerprint density at radius 3 is 2.87 bits per heavy atom. The van der Waals surface area contributed by atoms with Crippen molar-refractivity contribution in [1.82, 2.24) is 0 Å². The van der Waals surface area contributed by atoms with Crippen LogP contribution in [0.25, 0.3) is 0 Å². The van der Waals surface area contributed by atoms with Gasteiger partial charge in [0.2, 0.25) is 0 Å². The SMILES string of the molecule is CCOC(=O)c1ccc(NN)cc1C=O. The summed E-state index contributed by atoms with van der Waals surface area (Å²) in [5.74, 6) is 4.67. The molecule has 0 aliphatic heterocycles. The van der Waals surface area contributed by atoms with E-state index in [-0.39, 0.29) is 17.7 Å². The molecule has 0 aromatic heterocycles. The third-order valence-corrected chi connectivity index (χ3v) is 1.84. The summed E-state index contributed by atoms with van der Waals surface area (Å²) < 4.78 is 4.79. The van der Waals surface area contributed by atoms with Crippen molar-refractivity contribution in [2.75, 3.05) is 12.0 Å². The van der Waals surface area contributed by atoms with Crippen molar-refractivity contribution < 1.29 is 14.3 Å². The van der Waals surface area contributed by atoms with E-state index in [1.165, 1.54) is 12.1 Å². The molecule has 3 N–H and O–H groups in total. The largest absolute Gasteiger partial charge is 0.462 e. The monoisotopic (exact) mass is 208 g/mol. The summed E-state index contributed by atoms with van der Waals surface area (Å²) in [6.07, 6.45) is 0.590. The number of hydrogen-bond donors (Lipinski definition) is 2. The van der Waals surface area contributed by atoms with E-state index >= 15 is 0 Å². The number of aldehydes is 1. The number of hydrazine groups is 1. The highest BCUT2D eigenvalue weighted by Gasteiger charge is 2.12. The van der Waals surface area contributed by atoms with Crippen molar-refractivity contribution in [2.45, 2.75) is 6.92 Å². The molecule has 0 saturated carbocycles. The zero-order valence-corrected chi connectivity index (χ0v) is 8.32. The number of carbonyl (C=O) groups excluding carboxylic acids is 2. The molecule has 0 fully saturated rings. The van der Waals surface area contributed by atoms with Crippen molar-refractivity contribution in [3.05, 3.63) is 29.3 Å². The number of nitrogens with two attached hydrogens (primary N) is 1. The van der Waals surface area contributed by atoms with Gasteiger partial charge in [-0.15, -0.1) is 0 Å². The Bertz CT molecular complexity index is 377. The fourth-order valence-electron chi connectivity index (χ4n) is 1.14. The van der Waals surface area contributed by atoms with Crippen LogP contribution in [0.3, 0.4) is 0 Å². The fraction of sp³-hybridized carbons (Fsp3) is 0.200. The molecule has 0 heterocycles. The van der Waals surface area contributed by atoms with Crippen LogP contribution in [-0.2, 0) is 4.74 Å². The topological polar surface area (TPSA) is 81.4 Å². The Labute approximate surface area is 87.2 Å². The van der Waals surface area contributed by atoms with Crippen molar-refractivity contribution in [3.8, 4) is 0 Å². The summed E-state index contributed by atoms with van der Waals surface area (Å²) in [4.78, 5) is 22.1. The number of nitrogens with one attached hydrogen (secondary N) is 1. The molecule has 80 valence electrons. The Hall–Kier alpha value is -1.88. The molecule has 0 atom stereocenters. The number of ether oxygens (including phenoxy) is 1. The molecule has 1 aromatic rings. The number of anilines is 1. The molecule has 0 radical (unpaired) electrons. The van der Waals surface area contributed by atoms with E-state index in [9.17, 15) is 9.59 Å². The zero-order valence-electron chi connectivity index (χ0n) is 8.32. The minimum atomic E-state index is -0.511. The molecule has 0 bridgehead atoms. The summed E-state index contributed by atoms with van der Waals surface area (Å²) in [7, 11) is 0. The second-order valence-corrected chi connectivity index (χ2v) is 2.78. The highest BCUT2D eigenvalue weighted by atomic mass is 16.5. The van der Waals surface area contributed by atoms with Gasteiger partial charge in [0.15, 0.2) is 6.29 Å². The Morgan fingerprint density at radius 2 is 2.33 bits per heavy atom. The third-order valence-electron chi connectivity index (χ3n) is 1.84. The first-order chi connectivity index (χ1) is 7.22. The zero-order chi connectivity index (χ0) is 11.3. The lowest BCUT2D eigenvalue weighted by molar-refractivity contribution is 0.0524. The van der Waals surface area contributed by atoms with Crippen LogP contribution in [0.2, 0.25) is 0 Å². The van der Waals surface area contributed by atoms with Crippen molar-refractivity contribution in [1.29, 1.82) is 0 Å². The number of benzene rings is 1. The molecule has 1 aromatic carbocycles. The van der Waals surface area contributed by atoms with Gasteiger partial charge in [0, 0.05) is 11.3 Å². The van der Waals surface area contributed by atoms with Crippen LogP contribution in [-0.4, -0.2) is 18.9 Å². The van der Waals surface area contributed by atoms with E-state index in [1.54, 1.807) is 13.0 Å². The van der Waals surface area contributed by atoms with Gasteiger partial charge in [0.25, 0.3) is 0 Å². The van der Waals surface area contributed by atoms with Crippen LogP contribution in [0.1, 0.15) is 27.6 Å². The second-order valence-electron chi connectivity index (χ2n) is 2.78. The summed E-state index contributed by atoms with van der Waals surface area (Å²) in [5, 5.41) is 0. The molecule has 15 heavy (non-hydrogen) atoms. The maximum absolute atomic E-state index is 11.4. The molecule has 5 nitrogen and oxygen atoms in total. The highest BCUT2D eigenvalue weighted by molar-refractivity contribution is 5.99. The van der Waals surface area contributed by atoms with E-state index in [1.807, 2.05) is 0 Å². The maximum Gasteiger partial charge on any atom is 0.338 e. The number of carbonyl (C=O) groups is 2. The first kappa shape index (κ1) is 11.2. The van der Waals surface area contributed by atoms with Crippen LogP contribution in [0, 0.1) is 0 Å². The number of hydrogen-bond acceptors (Lipinski definition) is 5. The molecule has 0 unspecified atom stereocenters. The lowest BCUT2D eigenvalue weighted by Gasteiger charge is -2.06. The van der Waals surface area contributed by atoms with E-state index < -0.39 is 5.97 Å². The number of nitrogen functional groups attached to an aromatic ring is 1. The summed E-state index contributed by atoms with van der Waals surface area (Å²) in [6.45, 7) is 1.97. The molecule has 0 saturated heterocycles. The second kappa shape index (κ2) is 5.11. The van der Waals surface area contributed by atoms with Gasteiger partial charge < -0.3 is 10.2 Å². The lowest BCUT2D eigenvalue weighted by Crippen LogP contribution is -2.11. The molecule has 0 amide bonds. The Kier molecular flexibility index (Phi) is 3.82. The van der Waals surface area contributed by atoms with Crippen LogP contribution in [0.5, 0.6) is 0 Å². The first-order valence-electron chi connectivity index (χ1n) is 4.46. The van der Waals surface area contributed by atoms with Gasteiger partial charge in [-0.05, 0) is 25.1 Å².